The zero-order valence-corrected chi connectivity index (χ0v) is 11.5. The van der Waals surface area contributed by atoms with Crippen LogP contribution in [0.2, 0.25) is 0 Å². The fourth-order valence-corrected chi connectivity index (χ4v) is 1.89. The Morgan fingerprint density at radius 1 is 1.32 bits per heavy atom. The van der Waals surface area contributed by atoms with Gasteiger partial charge in [-0.25, -0.2) is 0 Å². The Bertz CT molecular complexity index is 625. The number of hydrogen-bond acceptors (Lipinski definition) is 3. The number of hydrogen-bond donors (Lipinski definition) is 2. The zero-order valence-electron chi connectivity index (χ0n) is 11.5. The molecule has 0 aliphatic carbocycles. The second kappa shape index (κ2) is 6.61. The summed E-state index contributed by atoms with van der Waals surface area (Å²) >= 11 is 0. The molecule has 0 radical (unpaired) electrons. The first-order chi connectivity index (χ1) is 10.3. The fourth-order valence-electron chi connectivity index (χ4n) is 1.89. The summed E-state index contributed by atoms with van der Waals surface area (Å²) in [5, 5.41) is 5.99. The van der Waals surface area contributed by atoms with Gasteiger partial charge in [0.2, 0.25) is 5.91 Å². The highest BCUT2D eigenvalue weighted by molar-refractivity contribution is 5.94. The average Bonchev–Trinajstić information content (AvgIpc) is 2.84. The van der Waals surface area contributed by atoms with Crippen LogP contribution in [0.3, 0.4) is 0 Å². The molecule has 0 aliphatic rings. The summed E-state index contributed by atoms with van der Waals surface area (Å²) in [7, 11) is 0. The molecule has 0 saturated carbocycles. The Kier molecular flexibility index (Phi) is 4.81. The third-order valence-electron chi connectivity index (χ3n) is 2.88. The van der Waals surface area contributed by atoms with Crippen molar-refractivity contribution in [2.24, 2.45) is 5.73 Å². The van der Waals surface area contributed by atoms with Crippen LogP contribution < -0.4 is 11.1 Å². The van der Waals surface area contributed by atoms with E-state index in [0.717, 1.165) is 18.0 Å². The maximum absolute atomic E-state index is 12.2. The van der Waals surface area contributed by atoms with E-state index < -0.39 is 24.7 Å². The monoisotopic (exact) mass is 312 g/mol. The van der Waals surface area contributed by atoms with E-state index in [-0.39, 0.29) is 5.69 Å². The maximum Gasteiger partial charge on any atom is 0.408 e. The summed E-state index contributed by atoms with van der Waals surface area (Å²) in [5.41, 5.74) is 6.87. The molecule has 3 N–H and O–H groups in total. The van der Waals surface area contributed by atoms with Gasteiger partial charge in [-0.15, -0.1) is 0 Å². The number of halogens is 3. The minimum Gasteiger partial charge on any atom is -0.322 e. The molecule has 1 aromatic carbocycles. The van der Waals surface area contributed by atoms with Crippen LogP contribution in [0, 0.1) is 0 Å². The highest BCUT2D eigenvalue weighted by Gasteiger charge is 2.28. The van der Waals surface area contributed by atoms with Crippen molar-refractivity contribution in [2.75, 3.05) is 5.32 Å². The van der Waals surface area contributed by atoms with Crippen LogP contribution in [0.4, 0.5) is 18.9 Å². The van der Waals surface area contributed by atoms with E-state index in [1.165, 1.54) is 0 Å². The molecule has 0 bridgehead atoms. The van der Waals surface area contributed by atoms with Crippen molar-refractivity contribution in [3.8, 4) is 0 Å². The van der Waals surface area contributed by atoms with Crippen LogP contribution in [0.25, 0.3) is 0 Å². The third-order valence-corrected chi connectivity index (χ3v) is 2.88. The molecule has 2 rings (SSSR count). The number of anilines is 1. The highest BCUT2D eigenvalue weighted by Crippen LogP contribution is 2.18. The van der Waals surface area contributed by atoms with Gasteiger partial charge in [-0.3, -0.25) is 9.48 Å². The van der Waals surface area contributed by atoms with Gasteiger partial charge in [0.1, 0.15) is 6.54 Å². The van der Waals surface area contributed by atoms with Gasteiger partial charge >= 0.3 is 6.18 Å². The van der Waals surface area contributed by atoms with Crippen LogP contribution in [0.5, 0.6) is 0 Å². The molecule has 1 amide bonds. The largest absolute Gasteiger partial charge is 0.408 e. The van der Waals surface area contributed by atoms with Crippen LogP contribution in [-0.2, 0) is 17.8 Å². The predicted molar refractivity (Wildman–Crippen MR) is 75.0 cm³/mol. The molecule has 1 heterocycles. The smallest absolute Gasteiger partial charge is 0.322 e. The number of nitrogens with zero attached hydrogens (tertiary/aromatic N) is 2. The molecule has 1 aromatic heterocycles. The molecule has 1 atom stereocenters. The number of aromatic nitrogens is 2. The van der Waals surface area contributed by atoms with Crippen LogP contribution in [0.1, 0.15) is 5.56 Å². The lowest BCUT2D eigenvalue weighted by molar-refractivity contribution is -0.142. The number of carbonyl (C=O) groups excluding carboxylic acids is 1. The summed E-state index contributed by atoms with van der Waals surface area (Å²) < 4.78 is 37.4. The summed E-state index contributed by atoms with van der Waals surface area (Å²) in [4.78, 5) is 11.9. The molecule has 0 fully saturated rings. The topological polar surface area (TPSA) is 72.9 Å². The summed E-state index contributed by atoms with van der Waals surface area (Å²) in [5.74, 6) is -0.476. The van der Waals surface area contributed by atoms with Crippen molar-refractivity contribution in [1.29, 1.82) is 0 Å². The first kappa shape index (κ1) is 16.0. The van der Waals surface area contributed by atoms with Gasteiger partial charge in [-0.2, -0.15) is 18.3 Å². The van der Waals surface area contributed by atoms with Crippen LogP contribution in [-0.4, -0.2) is 27.9 Å². The van der Waals surface area contributed by atoms with Crippen LogP contribution in [0.15, 0.2) is 42.7 Å². The third kappa shape index (κ3) is 4.88. The Balaban J connectivity index is 1.91. The lowest BCUT2D eigenvalue weighted by Gasteiger charge is -2.11. The molecule has 22 heavy (non-hydrogen) atoms. The van der Waals surface area contributed by atoms with Crippen molar-refractivity contribution >= 4 is 11.6 Å². The highest BCUT2D eigenvalue weighted by atomic mass is 19.4. The Labute approximate surface area is 124 Å². The summed E-state index contributed by atoms with van der Waals surface area (Å²) in [6, 6.07) is 8.41. The second-order valence-corrected chi connectivity index (χ2v) is 4.83. The van der Waals surface area contributed by atoms with Gasteiger partial charge in [0.05, 0.1) is 17.9 Å². The predicted octanol–water partition coefficient (Wildman–Crippen LogP) is 1.95. The van der Waals surface area contributed by atoms with E-state index in [1.807, 2.05) is 30.3 Å². The zero-order chi connectivity index (χ0) is 16.2. The lowest BCUT2D eigenvalue weighted by Crippen LogP contribution is -2.37. The maximum atomic E-state index is 12.2. The van der Waals surface area contributed by atoms with E-state index in [0.29, 0.717) is 11.1 Å². The van der Waals surface area contributed by atoms with E-state index in [4.69, 9.17) is 5.73 Å². The SMILES string of the molecule is N[C@@H](Cc1ccccc1)C(=O)Nc1cnn(CC(F)(F)F)c1. The van der Waals surface area contributed by atoms with Crippen molar-refractivity contribution < 1.29 is 18.0 Å². The number of nitrogens with two attached hydrogens (primary N) is 1. The van der Waals surface area contributed by atoms with Crippen molar-refractivity contribution in [3.63, 3.8) is 0 Å². The van der Waals surface area contributed by atoms with E-state index in [1.54, 1.807) is 0 Å². The quantitative estimate of drug-likeness (QED) is 0.886. The van der Waals surface area contributed by atoms with Gasteiger partial charge in [0.15, 0.2) is 0 Å². The van der Waals surface area contributed by atoms with E-state index in [9.17, 15) is 18.0 Å². The fraction of sp³-hybridized carbons (Fsp3) is 0.286. The Hall–Kier alpha value is -2.35. The van der Waals surface area contributed by atoms with E-state index in [2.05, 4.69) is 10.4 Å². The van der Waals surface area contributed by atoms with Gasteiger partial charge in [0, 0.05) is 6.20 Å². The molecule has 2 aromatic rings. The number of rotatable bonds is 5. The molecule has 8 heteroatoms. The van der Waals surface area contributed by atoms with Crippen molar-refractivity contribution in [1.82, 2.24) is 9.78 Å². The second-order valence-electron chi connectivity index (χ2n) is 4.83. The normalized spacial score (nSPS) is 12.9. The molecule has 0 unspecified atom stereocenters. The van der Waals surface area contributed by atoms with Gasteiger partial charge in [0.25, 0.3) is 0 Å². The van der Waals surface area contributed by atoms with Gasteiger partial charge in [-0.1, -0.05) is 30.3 Å². The Morgan fingerprint density at radius 3 is 2.64 bits per heavy atom. The number of nitrogens with one attached hydrogen (secondary N) is 1. The van der Waals surface area contributed by atoms with E-state index >= 15 is 0 Å². The molecular formula is C14H15F3N4O. The molecule has 5 nitrogen and oxygen atoms in total. The number of amides is 1. The molecular weight excluding hydrogens is 297 g/mol. The molecule has 118 valence electrons. The summed E-state index contributed by atoms with van der Waals surface area (Å²) in [6.45, 7) is -1.21. The summed E-state index contributed by atoms with van der Waals surface area (Å²) in [6.07, 6.45) is -1.76. The lowest BCUT2D eigenvalue weighted by atomic mass is 10.1. The van der Waals surface area contributed by atoms with Crippen molar-refractivity contribution in [3.05, 3.63) is 48.3 Å². The first-order valence-electron chi connectivity index (χ1n) is 6.53. The Morgan fingerprint density at radius 2 is 2.00 bits per heavy atom. The number of carbonyl (C=O) groups is 1. The molecule has 0 aliphatic heterocycles. The van der Waals surface area contributed by atoms with Gasteiger partial charge < -0.3 is 11.1 Å². The minimum atomic E-state index is -4.36. The van der Waals surface area contributed by atoms with Gasteiger partial charge in [-0.05, 0) is 12.0 Å². The average molecular weight is 312 g/mol. The molecule has 0 saturated heterocycles. The number of benzene rings is 1. The molecule has 0 spiro atoms. The first-order valence-corrected chi connectivity index (χ1v) is 6.53. The standard InChI is InChI=1S/C14H15F3N4O/c15-14(16,17)9-21-8-11(7-19-21)20-13(22)12(18)6-10-4-2-1-3-5-10/h1-5,7-8,12H,6,9,18H2,(H,20,22)/t12-/m0/s1. The minimum absolute atomic E-state index is 0.178. The number of alkyl halides is 3. The van der Waals surface area contributed by atoms with Crippen LogP contribution >= 0.6 is 0 Å². The van der Waals surface area contributed by atoms with Crippen molar-refractivity contribution in [2.45, 2.75) is 25.2 Å².